The van der Waals surface area contributed by atoms with Gasteiger partial charge in [0.1, 0.15) is 16.6 Å². The number of aromatic nitrogens is 3. The second kappa shape index (κ2) is 9.30. The van der Waals surface area contributed by atoms with Crippen molar-refractivity contribution in [2.24, 2.45) is 13.0 Å². The van der Waals surface area contributed by atoms with Crippen molar-refractivity contribution >= 4 is 23.1 Å². The molecule has 1 aromatic carbocycles. The van der Waals surface area contributed by atoms with Crippen molar-refractivity contribution in [2.45, 2.75) is 19.4 Å². The summed E-state index contributed by atoms with van der Waals surface area (Å²) >= 11 is 1.56. The van der Waals surface area contributed by atoms with E-state index < -0.39 is 0 Å². The molecule has 8 nitrogen and oxygen atoms in total. The van der Waals surface area contributed by atoms with Gasteiger partial charge in [0, 0.05) is 37.1 Å². The molecule has 31 heavy (non-hydrogen) atoms. The molecule has 1 atom stereocenters. The van der Waals surface area contributed by atoms with Crippen LogP contribution >= 0.6 is 11.3 Å². The van der Waals surface area contributed by atoms with Gasteiger partial charge < -0.3 is 15.0 Å². The third kappa shape index (κ3) is 4.93. The topological polar surface area (TPSA) is 89.4 Å². The molecule has 0 saturated carbocycles. The summed E-state index contributed by atoms with van der Waals surface area (Å²) in [6, 6.07) is 11.0. The minimum atomic E-state index is -0.146. The molecule has 0 spiro atoms. The van der Waals surface area contributed by atoms with Crippen molar-refractivity contribution in [3.8, 4) is 16.3 Å². The van der Waals surface area contributed by atoms with Crippen LogP contribution in [0.25, 0.3) is 10.6 Å². The molecule has 2 aromatic heterocycles. The summed E-state index contributed by atoms with van der Waals surface area (Å²) in [6.07, 6.45) is 1.74. The van der Waals surface area contributed by atoms with Crippen LogP contribution in [0.4, 0.5) is 5.82 Å². The molecule has 1 aliphatic heterocycles. The number of rotatable bonds is 6. The second-order valence-corrected chi connectivity index (χ2v) is 8.39. The fourth-order valence-corrected chi connectivity index (χ4v) is 4.46. The van der Waals surface area contributed by atoms with Gasteiger partial charge in [-0.2, -0.15) is 5.10 Å². The van der Waals surface area contributed by atoms with Gasteiger partial charge in [-0.25, -0.2) is 9.67 Å². The van der Waals surface area contributed by atoms with Crippen molar-refractivity contribution in [1.29, 1.82) is 0 Å². The van der Waals surface area contributed by atoms with E-state index in [1.54, 1.807) is 31.6 Å². The summed E-state index contributed by atoms with van der Waals surface area (Å²) in [6.45, 7) is 1.82. The number of benzene rings is 1. The van der Waals surface area contributed by atoms with Gasteiger partial charge in [0.25, 0.3) is 5.56 Å². The predicted molar refractivity (Wildman–Crippen MR) is 120 cm³/mol. The number of hydrogen-bond donors (Lipinski definition) is 1. The van der Waals surface area contributed by atoms with E-state index in [1.165, 1.54) is 10.7 Å². The number of ether oxygens (including phenoxy) is 1. The Morgan fingerprint density at radius 1 is 1.26 bits per heavy atom. The highest BCUT2D eigenvalue weighted by molar-refractivity contribution is 7.13. The van der Waals surface area contributed by atoms with Crippen molar-refractivity contribution in [2.75, 3.05) is 25.1 Å². The normalized spacial score (nSPS) is 16.2. The third-order valence-corrected chi connectivity index (χ3v) is 6.34. The summed E-state index contributed by atoms with van der Waals surface area (Å²) in [5.41, 5.74) is 1.72. The van der Waals surface area contributed by atoms with Gasteiger partial charge in [-0.05, 0) is 43.2 Å². The molecule has 1 fully saturated rings. The number of amides is 1. The average Bonchev–Trinajstić information content (AvgIpc) is 3.28. The Kier molecular flexibility index (Phi) is 6.31. The maximum Gasteiger partial charge on any atom is 0.266 e. The molecule has 9 heteroatoms. The first-order chi connectivity index (χ1) is 15.0. The maximum absolute atomic E-state index is 12.8. The van der Waals surface area contributed by atoms with Gasteiger partial charge in [-0.3, -0.25) is 9.59 Å². The van der Waals surface area contributed by atoms with E-state index in [2.05, 4.69) is 20.3 Å². The number of anilines is 1. The number of carbonyl (C=O) groups excluding carboxylic acids is 1. The molecule has 1 amide bonds. The Morgan fingerprint density at radius 3 is 2.81 bits per heavy atom. The van der Waals surface area contributed by atoms with Gasteiger partial charge in [-0.1, -0.05) is 0 Å². The van der Waals surface area contributed by atoms with Gasteiger partial charge in [0.2, 0.25) is 5.91 Å². The highest BCUT2D eigenvalue weighted by atomic mass is 32.1. The highest BCUT2D eigenvalue weighted by Crippen LogP contribution is 2.26. The van der Waals surface area contributed by atoms with E-state index in [9.17, 15) is 9.59 Å². The van der Waals surface area contributed by atoms with Crippen molar-refractivity contribution < 1.29 is 9.53 Å². The quantitative estimate of drug-likeness (QED) is 0.635. The van der Waals surface area contributed by atoms with Crippen LogP contribution in [0.15, 0.2) is 46.6 Å². The van der Waals surface area contributed by atoms with Crippen LogP contribution in [0, 0.1) is 5.92 Å². The van der Waals surface area contributed by atoms with Crippen LogP contribution in [0.5, 0.6) is 5.75 Å². The number of carbonyl (C=O) groups is 1. The number of nitrogens with one attached hydrogen (secondary N) is 1. The van der Waals surface area contributed by atoms with Crippen LogP contribution in [0.2, 0.25) is 0 Å². The Hall–Kier alpha value is -3.20. The lowest BCUT2D eigenvalue weighted by Crippen LogP contribution is -2.43. The van der Waals surface area contributed by atoms with Gasteiger partial charge >= 0.3 is 0 Å². The van der Waals surface area contributed by atoms with E-state index in [0.29, 0.717) is 13.1 Å². The van der Waals surface area contributed by atoms with Crippen molar-refractivity contribution in [3.05, 3.63) is 57.8 Å². The Balaban J connectivity index is 1.34. The predicted octanol–water partition coefficient (Wildman–Crippen LogP) is 2.45. The number of nitrogens with zero attached hydrogens (tertiary/aromatic N) is 4. The van der Waals surface area contributed by atoms with Crippen LogP contribution in [-0.4, -0.2) is 40.9 Å². The summed E-state index contributed by atoms with van der Waals surface area (Å²) in [5, 5.41) is 10.2. The molecule has 3 heterocycles. The molecular weight excluding hydrogens is 414 g/mol. The standard InChI is InChI=1S/C22H25N5O3S/c1-26-20(28)10-9-19(25-26)27-11-3-4-16(13-27)21(29)23-12-17-14-31-22(24-17)15-5-7-18(30-2)8-6-15/h5-10,14,16H,3-4,11-13H2,1-2H3,(H,23,29). The lowest BCUT2D eigenvalue weighted by Gasteiger charge is -2.32. The monoisotopic (exact) mass is 439 g/mol. The minimum Gasteiger partial charge on any atom is -0.497 e. The molecule has 4 rings (SSSR count). The maximum atomic E-state index is 12.8. The summed E-state index contributed by atoms with van der Waals surface area (Å²) in [4.78, 5) is 31.1. The summed E-state index contributed by atoms with van der Waals surface area (Å²) < 4.78 is 6.51. The Labute approximate surface area is 184 Å². The lowest BCUT2D eigenvalue weighted by molar-refractivity contribution is -0.125. The number of piperidine rings is 1. The lowest BCUT2D eigenvalue weighted by atomic mass is 9.97. The van der Waals surface area contributed by atoms with Crippen molar-refractivity contribution in [1.82, 2.24) is 20.1 Å². The number of hydrogen-bond acceptors (Lipinski definition) is 7. The van der Waals surface area contributed by atoms with E-state index in [-0.39, 0.29) is 17.4 Å². The molecule has 1 N–H and O–H groups in total. The second-order valence-electron chi connectivity index (χ2n) is 7.53. The fourth-order valence-electron chi connectivity index (χ4n) is 3.63. The number of thiazole rings is 1. The van der Waals surface area contributed by atoms with E-state index in [1.807, 2.05) is 29.6 Å². The molecule has 0 radical (unpaired) electrons. The molecule has 3 aromatic rings. The molecular formula is C22H25N5O3S. The first-order valence-corrected chi connectivity index (χ1v) is 11.1. The first-order valence-electron chi connectivity index (χ1n) is 10.2. The molecule has 162 valence electrons. The molecule has 1 aliphatic rings. The minimum absolute atomic E-state index is 0.0218. The van der Waals surface area contributed by atoms with Gasteiger partial charge in [0.05, 0.1) is 25.3 Å². The van der Waals surface area contributed by atoms with Gasteiger partial charge in [-0.15, -0.1) is 11.3 Å². The highest BCUT2D eigenvalue weighted by Gasteiger charge is 2.26. The molecule has 1 unspecified atom stereocenters. The van der Waals surface area contributed by atoms with Crippen molar-refractivity contribution in [3.63, 3.8) is 0 Å². The zero-order valence-corrected chi connectivity index (χ0v) is 18.4. The third-order valence-electron chi connectivity index (χ3n) is 5.40. The summed E-state index contributed by atoms with van der Waals surface area (Å²) in [7, 11) is 3.28. The Morgan fingerprint density at radius 2 is 2.06 bits per heavy atom. The van der Waals surface area contributed by atoms with E-state index in [4.69, 9.17) is 4.74 Å². The smallest absolute Gasteiger partial charge is 0.266 e. The molecule has 0 bridgehead atoms. The zero-order chi connectivity index (χ0) is 21.8. The van der Waals surface area contributed by atoms with E-state index >= 15 is 0 Å². The van der Waals surface area contributed by atoms with Crippen LogP contribution in [-0.2, 0) is 18.4 Å². The molecule has 0 aliphatic carbocycles. The average molecular weight is 440 g/mol. The number of aryl methyl sites for hydroxylation is 1. The molecule has 1 saturated heterocycles. The van der Waals surface area contributed by atoms with Crippen LogP contribution < -0.4 is 20.5 Å². The number of methoxy groups -OCH3 is 1. The van der Waals surface area contributed by atoms with E-state index in [0.717, 1.165) is 47.2 Å². The first kappa shape index (κ1) is 21.0. The van der Waals surface area contributed by atoms with Gasteiger partial charge in [0.15, 0.2) is 0 Å². The van der Waals surface area contributed by atoms with Crippen LogP contribution in [0.1, 0.15) is 18.5 Å². The Bertz CT molecular complexity index is 1110. The summed E-state index contributed by atoms with van der Waals surface area (Å²) in [5.74, 6) is 1.44. The zero-order valence-electron chi connectivity index (χ0n) is 17.6. The SMILES string of the molecule is COc1ccc(-c2nc(CNC(=O)C3CCCN(c4ccc(=O)n(C)n4)C3)cs2)cc1. The van der Waals surface area contributed by atoms with Crippen LogP contribution in [0.3, 0.4) is 0 Å². The fraction of sp³-hybridized carbons (Fsp3) is 0.364. The largest absolute Gasteiger partial charge is 0.497 e.